The Bertz CT molecular complexity index is 1170. The van der Waals surface area contributed by atoms with E-state index >= 15 is 0 Å². The first-order valence-electron chi connectivity index (χ1n) is 11.9. The molecule has 0 bridgehead atoms. The van der Waals surface area contributed by atoms with Crippen molar-refractivity contribution < 1.29 is 9.84 Å². The molecule has 0 radical (unpaired) electrons. The lowest BCUT2D eigenvalue weighted by molar-refractivity contribution is 0.302. The first kappa shape index (κ1) is 23.3. The Morgan fingerprint density at radius 3 is 2.42 bits per heavy atom. The third kappa shape index (κ3) is 4.49. The van der Waals surface area contributed by atoms with Gasteiger partial charge >= 0.3 is 0 Å². The molecule has 172 valence electrons. The van der Waals surface area contributed by atoms with Crippen molar-refractivity contribution >= 4 is 21.6 Å². The standard InChI is InChI=1S/C27H27NO2S.C2H6/c1-18-14-19(2)27(16-18,20-8-4-3-5-9-20)22-15-21(12-13-24(22)29)30-17-26-28-23-10-6-7-11-25(23)31-26;1-2/h3-13,15,18-19,29H,14,16-17H2,1-2H3;1-2H3. The number of aromatic nitrogens is 1. The van der Waals surface area contributed by atoms with Gasteiger partial charge in [0.25, 0.3) is 0 Å². The number of benzene rings is 3. The van der Waals surface area contributed by atoms with E-state index in [-0.39, 0.29) is 5.41 Å². The highest BCUT2D eigenvalue weighted by atomic mass is 32.1. The van der Waals surface area contributed by atoms with Crippen molar-refractivity contribution in [3.8, 4) is 11.5 Å². The minimum absolute atomic E-state index is 0.208. The van der Waals surface area contributed by atoms with E-state index in [4.69, 9.17) is 4.74 Å². The molecule has 1 aliphatic carbocycles. The van der Waals surface area contributed by atoms with Crippen molar-refractivity contribution in [2.24, 2.45) is 11.8 Å². The van der Waals surface area contributed by atoms with Crippen molar-refractivity contribution in [3.63, 3.8) is 0 Å². The number of fused-ring (bicyclic) bond motifs is 1. The molecule has 3 atom stereocenters. The number of ether oxygens (including phenoxy) is 1. The molecule has 1 saturated carbocycles. The summed E-state index contributed by atoms with van der Waals surface area (Å²) in [4.78, 5) is 4.67. The van der Waals surface area contributed by atoms with Gasteiger partial charge in [0.15, 0.2) is 0 Å². The lowest BCUT2D eigenvalue weighted by Crippen LogP contribution is -2.31. The summed E-state index contributed by atoms with van der Waals surface area (Å²) in [5.74, 6) is 2.14. The highest BCUT2D eigenvalue weighted by molar-refractivity contribution is 7.18. The number of para-hydroxylation sites is 1. The van der Waals surface area contributed by atoms with Crippen LogP contribution in [0, 0.1) is 11.8 Å². The Balaban J connectivity index is 0.00000126. The normalized spacial score (nSPS) is 22.1. The average molecular weight is 460 g/mol. The minimum Gasteiger partial charge on any atom is -0.508 e. The van der Waals surface area contributed by atoms with E-state index in [9.17, 15) is 5.11 Å². The third-order valence-electron chi connectivity index (χ3n) is 6.71. The second kappa shape index (κ2) is 9.96. The summed E-state index contributed by atoms with van der Waals surface area (Å²) in [5.41, 5.74) is 3.04. The highest BCUT2D eigenvalue weighted by Crippen LogP contribution is 2.55. The molecule has 3 unspecified atom stereocenters. The van der Waals surface area contributed by atoms with Crippen LogP contribution >= 0.6 is 11.3 Å². The molecule has 1 heterocycles. The number of hydrogen-bond acceptors (Lipinski definition) is 4. The Labute approximate surface area is 201 Å². The number of aromatic hydroxyl groups is 1. The van der Waals surface area contributed by atoms with E-state index in [1.165, 1.54) is 10.3 Å². The van der Waals surface area contributed by atoms with Crippen molar-refractivity contribution in [3.05, 3.63) is 88.9 Å². The van der Waals surface area contributed by atoms with Gasteiger partial charge in [-0.05, 0) is 60.6 Å². The van der Waals surface area contributed by atoms with E-state index in [1.807, 2.05) is 44.2 Å². The molecule has 33 heavy (non-hydrogen) atoms. The zero-order chi connectivity index (χ0) is 23.4. The first-order valence-corrected chi connectivity index (χ1v) is 12.7. The Morgan fingerprint density at radius 1 is 1.00 bits per heavy atom. The zero-order valence-electron chi connectivity index (χ0n) is 19.9. The van der Waals surface area contributed by atoms with Crippen molar-refractivity contribution in [2.75, 3.05) is 0 Å². The largest absolute Gasteiger partial charge is 0.508 e. The molecule has 4 aromatic rings. The van der Waals surface area contributed by atoms with E-state index in [0.717, 1.165) is 34.7 Å². The second-order valence-electron chi connectivity index (χ2n) is 8.83. The van der Waals surface area contributed by atoms with Gasteiger partial charge in [-0.15, -0.1) is 11.3 Å². The van der Waals surface area contributed by atoms with Gasteiger partial charge in [-0.25, -0.2) is 4.98 Å². The van der Waals surface area contributed by atoms with Gasteiger partial charge in [-0.3, -0.25) is 0 Å². The number of thiazole rings is 1. The number of phenols is 1. The van der Waals surface area contributed by atoms with Crippen LogP contribution in [0.25, 0.3) is 10.2 Å². The third-order valence-corrected chi connectivity index (χ3v) is 7.72. The zero-order valence-corrected chi connectivity index (χ0v) is 20.7. The molecule has 3 aromatic carbocycles. The summed E-state index contributed by atoms with van der Waals surface area (Å²) in [6, 6.07) is 24.5. The van der Waals surface area contributed by atoms with Crippen LogP contribution in [-0.4, -0.2) is 10.1 Å². The smallest absolute Gasteiger partial charge is 0.140 e. The Kier molecular flexibility index (Phi) is 7.04. The molecule has 0 spiro atoms. The quantitative estimate of drug-likeness (QED) is 0.329. The highest BCUT2D eigenvalue weighted by Gasteiger charge is 2.47. The summed E-state index contributed by atoms with van der Waals surface area (Å²) in [7, 11) is 0. The lowest BCUT2D eigenvalue weighted by Gasteiger charge is -2.36. The fourth-order valence-corrected chi connectivity index (χ4v) is 6.28. The van der Waals surface area contributed by atoms with Gasteiger partial charge in [0, 0.05) is 11.0 Å². The van der Waals surface area contributed by atoms with Crippen molar-refractivity contribution in [2.45, 2.75) is 52.6 Å². The number of hydrogen-bond donors (Lipinski definition) is 1. The number of rotatable bonds is 5. The average Bonchev–Trinajstić information content (AvgIpc) is 3.40. The van der Waals surface area contributed by atoms with E-state index in [1.54, 1.807) is 17.4 Å². The molecule has 0 amide bonds. The molecule has 0 aliphatic heterocycles. The van der Waals surface area contributed by atoms with Crippen LogP contribution in [0.3, 0.4) is 0 Å². The lowest BCUT2D eigenvalue weighted by atomic mass is 9.67. The fraction of sp³-hybridized carbons (Fsp3) is 0.345. The summed E-state index contributed by atoms with van der Waals surface area (Å²) < 4.78 is 7.33. The molecule has 3 nitrogen and oxygen atoms in total. The van der Waals surface area contributed by atoms with Crippen LogP contribution in [0.2, 0.25) is 0 Å². The Morgan fingerprint density at radius 2 is 1.73 bits per heavy atom. The van der Waals surface area contributed by atoms with E-state index < -0.39 is 0 Å². The van der Waals surface area contributed by atoms with E-state index in [2.05, 4.69) is 55.2 Å². The van der Waals surface area contributed by atoms with Crippen LogP contribution in [0.1, 0.15) is 56.7 Å². The maximum Gasteiger partial charge on any atom is 0.140 e. The monoisotopic (exact) mass is 459 g/mol. The molecular weight excluding hydrogens is 426 g/mol. The topological polar surface area (TPSA) is 42.4 Å². The van der Waals surface area contributed by atoms with Crippen LogP contribution in [0.4, 0.5) is 0 Å². The fourth-order valence-electron chi connectivity index (χ4n) is 5.40. The van der Waals surface area contributed by atoms with Gasteiger partial charge in [-0.2, -0.15) is 0 Å². The second-order valence-corrected chi connectivity index (χ2v) is 9.94. The predicted molar refractivity (Wildman–Crippen MR) is 138 cm³/mol. The van der Waals surface area contributed by atoms with Crippen molar-refractivity contribution in [1.82, 2.24) is 4.98 Å². The Hall–Kier alpha value is -2.85. The van der Waals surface area contributed by atoms with Crippen LogP contribution < -0.4 is 4.74 Å². The number of phenolic OH excluding ortho intramolecular Hbond substituents is 1. The minimum atomic E-state index is -0.208. The van der Waals surface area contributed by atoms with Gasteiger partial charge in [0.1, 0.15) is 23.1 Å². The summed E-state index contributed by atoms with van der Waals surface area (Å²) in [5, 5.41) is 11.9. The summed E-state index contributed by atoms with van der Waals surface area (Å²) >= 11 is 1.66. The molecule has 0 saturated heterocycles. The van der Waals surface area contributed by atoms with Gasteiger partial charge in [0.2, 0.25) is 0 Å². The molecule has 1 fully saturated rings. The maximum atomic E-state index is 10.9. The predicted octanol–water partition coefficient (Wildman–Crippen LogP) is 7.96. The number of nitrogens with zero attached hydrogens (tertiary/aromatic N) is 1. The SMILES string of the molecule is CC.CC1CC(C)C(c2ccccc2)(c2cc(OCc3nc4ccccc4s3)ccc2O)C1. The first-order chi connectivity index (χ1) is 16.1. The molecule has 1 N–H and O–H groups in total. The van der Waals surface area contributed by atoms with E-state index in [0.29, 0.717) is 24.2 Å². The molecule has 4 heteroatoms. The summed E-state index contributed by atoms with van der Waals surface area (Å²) in [6.07, 6.45) is 2.16. The molecule has 1 aliphatic rings. The summed E-state index contributed by atoms with van der Waals surface area (Å²) in [6.45, 7) is 9.05. The molecular formula is C29H33NO2S. The maximum absolute atomic E-state index is 10.9. The van der Waals surface area contributed by atoms with Crippen LogP contribution in [0.15, 0.2) is 72.8 Å². The van der Waals surface area contributed by atoms with Crippen molar-refractivity contribution in [1.29, 1.82) is 0 Å². The molecule has 1 aromatic heterocycles. The molecule has 5 rings (SSSR count). The van der Waals surface area contributed by atoms with Gasteiger partial charge in [-0.1, -0.05) is 70.2 Å². The van der Waals surface area contributed by atoms with Gasteiger partial charge in [0.05, 0.1) is 10.2 Å². The van der Waals surface area contributed by atoms with Crippen LogP contribution in [0.5, 0.6) is 11.5 Å². The van der Waals surface area contributed by atoms with Crippen LogP contribution in [-0.2, 0) is 12.0 Å². The van der Waals surface area contributed by atoms with Gasteiger partial charge < -0.3 is 9.84 Å².